The Hall–Kier alpha value is -4.30. The molecule has 0 fully saturated rings. The summed E-state index contributed by atoms with van der Waals surface area (Å²) in [6.45, 7) is 34.4. The minimum Gasteiger partial charge on any atom is -0.496 e. The zero-order valence-electron chi connectivity index (χ0n) is 33.7. The summed E-state index contributed by atoms with van der Waals surface area (Å²) < 4.78 is 18.1. The third kappa shape index (κ3) is 14.7. The smallest absolute Gasteiger partial charge is 0.159 e. The van der Waals surface area contributed by atoms with Crippen LogP contribution in [0.4, 0.5) is 0 Å². The molecule has 0 amide bonds. The second-order valence-corrected chi connectivity index (χ2v) is 12.9. The van der Waals surface area contributed by atoms with Crippen LogP contribution in [0.2, 0.25) is 0 Å². The Bertz CT molecular complexity index is 1540. The summed E-state index contributed by atoms with van der Waals surface area (Å²) in [5.74, 6) is 2.21. The molecule has 2 atom stereocenters. The zero-order valence-corrected chi connectivity index (χ0v) is 33.7. The van der Waals surface area contributed by atoms with Gasteiger partial charge in [0.15, 0.2) is 5.78 Å². The summed E-state index contributed by atoms with van der Waals surface area (Å²) in [4.78, 5) is 11.9. The maximum Gasteiger partial charge on any atom is 0.159 e. The molecule has 0 aromatic heterocycles. The van der Waals surface area contributed by atoms with Gasteiger partial charge in [0.25, 0.3) is 0 Å². The van der Waals surface area contributed by atoms with Crippen molar-refractivity contribution < 1.29 is 19.0 Å². The largest absolute Gasteiger partial charge is 0.496 e. The quantitative estimate of drug-likeness (QED) is 0.100. The van der Waals surface area contributed by atoms with Crippen LogP contribution in [0.1, 0.15) is 143 Å². The van der Waals surface area contributed by atoms with Gasteiger partial charge < -0.3 is 14.2 Å². The Morgan fingerprint density at radius 2 is 1.56 bits per heavy atom. The van der Waals surface area contributed by atoms with Crippen LogP contribution in [-0.2, 0) is 4.74 Å². The van der Waals surface area contributed by atoms with Gasteiger partial charge in [0.2, 0.25) is 0 Å². The van der Waals surface area contributed by atoms with Gasteiger partial charge >= 0.3 is 0 Å². The lowest BCUT2D eigenvalue weighted by atomic mass is 9.92. The minimum atomic E-state index is -0.273. The first-order valence-corrected chi connectivity index (χ1v) is 18.1. The number of nitriles is 1. The first-order chi connectivity index (χ1) is 23.6. The topological polar surface area (TPSA) is 68.6 Å². The van der Waals surface area contributed by atoms with Crippen LogP contribution in [0.25, 0.3) is 11.1 Å². The summed E-state index contributed by atoms with van der Waals surface area (Å²) in [7, 11) is 1.60. The fourth-order valence-corrected chi connectivity index (χ4v) is 5.20. The van der Waals surface area contributed by atoms with E-state index in [1.807, 2.05) is 118 Å². The minimum absolute atomic E-state index is 0.0118. The number of hydrogen-bond acceptors (Lipinski definition) is 5. The highest BCUT2D eigenvalue weighted by molar-refractivity contribution is 5.95. The summed E-state index contributed by atoms with van der Waals surface area (Å²) in [6, 6.07) is 13.6. The lowest BCUT2D eigenvalue weighted by molar-refractivity contribution is 0.0340. The molecular formula is C45H65NO4. The molecule has 0 bridgehead atoms. The molecule has 0 radical (unpaired) electrons. The number of nitrogens with zero attached hydrogens (tertiary/aromatic N) is 1. The monoisotopic (exact) mass is 683 g/mol. The van der Waals surface area contributed by atoms with Crippen molar-refractivity contribution in [2.24, 2.45) is 5.92 Å². The van der Waals surface area contributed by atoms with Gasteiger partial charge in [-0.1, -0.05) is 97.5 Å². The van der Waals surface area contributed by atoms with E-state index in [0.717, 1.165) is 64.9 Å². The SMILES string of the molecule is C=C(/C=C(\C)c1ccc(C(C)=O)cc1OC)/C(C)=C(\C=C/C)c1ccc(OC(CCC)CCC(C)C(=C)OC(C)(C)C)c(C#N)c1.CC.CC. The van der Waals surface area contributed by atoms with Gasteiger partial charge in [-0.2, -0.15) is 5.26 Å². The highest BCUT2D eigenvalue weighted by Gasteiger charge is 2.20. The van der Waals surface area contributed by atoms with Crippen molar-refractivity contribution in [1.82, 2.24) is 0 Å². The molecule has 0 aliphatic carbocycles. The molecule has 2 unspecified atom stereocenters. The molecule has 5 nitrogen and oxygen atoms in total. The Balaban J connectivity index is 0.00000578. The van der Waals surface area contributed by atoms with Crippen molar-refractivity contribution in [3.63, 3.8) is 0 Å². The second-order valence-electron chi connectivity index (χ2n) is 12.9. The van der Waals surface area contributed by atoms with Crippen LogP contribution in [-0.4, -0.2) is 24.6 Å². The van der Waals surface area contributed by atoms with E-state index in [1.54, 1.807) is 20.1 Å². The molecule has 2 aromatic rings. The zero-order chi connectivity index (χ0) is 38.6. The van der Waals surface area contributed by atoms with Crippen LogP contribution < -0.4 is 9.47 Å². The van der Waals surface area contributed by atoms with E-state index < -0.39 is 0 Å². The number of methoxy groups -OCH3 is 1. The number of ether oxygens (including phenoxy) is 3. The van der Waals surface area contributed by atoms with Gasteiger partial charge in [-0.3, -0.25) is 4.79 Å². The molecule has 274 valence electrons. The van der Waals surface area contributed by atoms with E-state index in [-0.39, 0.29) is 23.4 Å². The molecule has 0 saturated heterocycles. The molecule has 0 N–H and O–H groups in total. The number of allylic oxidation sites excluding steroid dienone is 8. The number of carbonyl (C=O) groups is 1. The molecule has 0 heterocycles. The number of ketones is 1. The number of rotatable bonds is 16. The molecule has 2 aromatic carbocycles. The molecule has 5 heteroatoms. The predicted octanol–water partition coefficient (Wildman–Crippen LogP) is 13.1. The van der Waals surface area contributed by atoms with E-state index >= 15 is 0 Å². The lowest BCUT2D eigenvalue weighted by Crippen LogP contribution is -2.22. The molecule has 2 rings (SSSR count). The Kier molecular flexibility index (Phi) is 21.2. The third-order valence-corrected chi connectivity index (χ3v) is 7.87. The summed E-state index contributed by atoms with van der Waals surface area (Å²) in [6.07, 6.45) is 9.62. The molecule has 0 spiro atoms. The van der Waals surface area contributed by atoms with E-state index in [4.69, 9.17) is 14.2 Å². The Morgan fingerprint density at radius 3 is 2.08 bits per heavy atom. The molecule has 50 heavy (non-hydrogen) atoms. The van der Waals surface area contributed by atoms with Gasteiger partial charge in [0.1, 0.15) is 23.2 Å². The maximum absolute atomic E-state index is 11.9. The average Bonchev–Trinajstić information content (AvgIpc) is 3.09. The molecule has 0 aliphatic heterocycles. The van der Waals surface area contributed by atoms with Gasteiger partial charge in [-0.05, 0) is 114 Å². The van der Waals surface area contributed by atoms with Crippen molar-refractivity contribution in [1.29, 1.82) is 5.26 Å². The van der Waals surface area contributed by atoms with Gasteiger partial charge in [-0.25, -0.2) is 0 Å². The second kappa shape index (κ2) is 23.2. The van der Waals surface area contributed by atoms with Crippen molar-refractivity contribution in [3.05, 3.63) is 107 Å². The van der Waals surface area contributed by atoms with Crippen LogP contribution in [0.5, 0.6) is 11.5 Å². The van der Waals surface area contributed by atoms with E-state index in [2.05, 4.69) is 33.1 Å². The first kappa shape index (κ1) is 45.7. The highest BCUT2D eigenvalue weighted by atomic mass is 16.5. The molecule has 0 saturated carbocycles. The highest BCUT2D eigenvalue weighted by Crippen LogP contribution is 2.33. The van der Waals surface area contributed by atoms with Gasteiger partial charge in [-0.15, -0.1) is 0 Å². The third-order valence-electron chi connectivity index (χ3n) is 7.87. The van der Waals surface area contributed by atoms with Crippen molar-refractivity contribution >= 4 is 16.9 Å². The Labute approximate surface area is 305 Å². The number of hydrogen-bond donors (Lipinski definition) is 0. The molecule has 0 aliphatic rings. The van der Waals surface area contributed by atoms with Crippen molar-refractivity contribution in [2.75, 3.05) is 7.11 Å². The fraction of sp³-hybridized carbons (Fsp3) is 0.467. The van der Waals surface area contributed by atoms with Crippen LogP contribution >= 0.6 is 0 Å². The summed E-state index contributed by atoms with van der Waals surface area (Å²) >= 11 is 0. The lowest BCUT2D eigenvalue weighted by Gasteiger charge is -2.27. The van der Waals surface area contributed by atoms with E-state index in [9.17, 15) is 10.1 Å². The number of benzene rings is 2. The standard InChI is InChI=1S/C41H53NO4.2C2H6/c1-13-15-36(20-17-27(3)32(8)46-41(9,10)11)45-39-22-19-34(24-35(39)26-42)38(16-14-2)30(6)28(4)23-29(5)37-21-18-33(31(7)43)25-40(37)44-12;2*1-2/h14,16,18-19,21-25,27,36H,4,8,13,15,17,20H2,1-3,5-7,9-12H3;2*1-2H3/b16-14-,29-23+,38-30+;;. The van der Waals surface area contributed by atoms with Gasteiger partial charge in [0, 0.05) is 17.0 Å². The molecular weight excluding hydrogens is 618 g/mol. The predicted molar refractivity (Wildman–Crippen MR) is 215 cm³/mol. The number of Topliss-reactive ketones (excluding diaryl/α,β-unsaturated/α-hetero) is 1. The van der Waals surface area contributed by atoms with Crippen molar-refractivity contribution in [2.45, 2.75) is 127 Å². The summed E-state index contributed by atoms with van der Waals surface area (Å²) in [5.41, 5.74) is 6.36. The van der Waals surface area contributed by atoms with Crippen LogP contribution in [0.15, 0.2) is 84.7 Å². The van der Waals surface area contributed by atoms with Crippen molar-refractivity contribution in [3.8, 4) is 17.6 Å². The maximum atomic E-state index is 11.9. The Morgan fingerprint density at radius 1 is 0.940 bits per heavy atom. The van der Waals surface area contributed by atoms with Crippen LogP contribution in [0, 0.1) is 17.2 Å². The number of carbonyl (C=O) groups excluding carboxylic acids is 1. The first-order valence-electron chi connectivity index (χ1n) is 18.1. The average molecular weight is 684 g/mol. The van der Waals surface area contributed by atoms with Gasteiger partial charge in [0.05, 0.1) is 24.5 Å². The summed E-state index contributed by atoms with van der Waals surface area (Å²) in [5, 5.41) is 10.1. The van der Waals surface area contributed by atoms with E-state index in [1.165, 1.54) is 0 Å². The normalized spacial score (nSPS) is 12.9. The fourth-order valence-electron chi connectivity index (χ4n) is 5.20. The van der Waals surface area contributed by atoms with Crippen LogP contribution in [0.3, 0.4) is 0 Å². The van der Waals surface area contributed by atoms with E-state index in [0.29, 0.717) is 22.6 Å².